The second kappa shape index (κ2) is 12.3. The lowest BCUT2D eigenvalue weighted by molar-refractivity contribution is -0.153. The highest BCUT2D eigenvalue weighted by Crippen LogP contribution is 2.31. The summed E-state index contributed by atoms with van der Waals surface area (Å²) in [6, 6.07) is 5.27. The zero-order valence-corrected chi connectivity index (χ0v) is 21.1. The maximum Gasteiger partial charge on any atom is 0.422 e. The number of nitrogens with one attached hydrogen (secondary N) is 2. The molecule has 10 heteroatoms. The standard InChI is InChI=1S/C22H33F3N4O2.HI/c1-17-5-6-18(19(13-17)31-16-22(23,24)25)14-27-20(26-2)28-15-21(7-11-30-12-8-21)29-9-3-4-10-29;/h5-6,13H,3-4,7-12,14-16H2,1-2H3,(H2,26,27,28);1H. The van der Waals surface area contributed by atoms with Gasteiger partial charge >= 0.3 is 6.18 Å². The lowest BCUT2D eigenvalue weighted by atomic mass is 9.88. The maximum atomic E-state index is 12.6. The fourth-order valence-corrected chi connectivity index (χ4v) is 4.30. The average molecular weight is 570 g/mol. The maximum absolute atomic E-state index is 12.6. The topological polar surface area (TPSA) is 58.1 Å². The summed E-state index contributed by atoms with van der Waals surface area (Å²) in [4.78, 5) is 6.87. The van der Waals surface area contributed by atoms with Gasteiger partial charge in [0.1, 0.15) is 5.75 Å². The third-order valence-corrected chi connectivity index (χ3v) is 6.07. The lowest BCUT2D eigenvalue weighted by Crippen LogP contribution is -2.58. The van der Waals surface area contributed by atoms with Crippen LogP contribution in [0.25, 0.3) is 0 Å². The number of hydrogen-bond acceptors (Lipinski definition) is 4. The van der Waals surface area contributed by atoms with Gasteiger partial charge in [0.25, 0.3) is 0 Å². The monoisotopic (exact) mass is 570 g/mol. The van der Waals surface area contributed by atoms with Gasteiger partial charge in [-0.05, 0) is 57.3 Å². The molecule has 2 heterocycles. The normalized spacial score (nSPS) is 19.3. The number of aryl methyl sites for hydroxylation is 1. The molecule has 32 heavy (non-hydrogen) atoms. The van der Waals surface area contributed by atoms with Gasteiger partial charge in [-0.15, -0.1) is 24.0 Å². The molecule has 6 nitrogen and oxygen atoms in total. The van der Waals surface area contributed by atoms with Crippen molar-refractivity contribution >= 4 is 29.9 Å². The van der Waals surface area contributed by atoms with Crippen molar-refractivity contribution in [3.63, 3.8) is 0 Å². The predicted octanol–water partition coefficient (Wildman–Crippen LogP) is 3.86. The summed E-state index contributed by atoms with van der Waals surface area (Å²) >= 11 is 0. The van der Waals surface area contributed by atoms with Gasteiger partial charge in [-0.3, -0.25) is 9.89 Å². The van der Waals surface area contributed by atoms with Crippen LogP contribution >= 0.6 is 24.0 Å². The number of rotatable bonds is 7. The van der Waals surface area contributed by atoms with Gasteiger partial charge in [-0.25, -0.2) is 0 Å². The molecule has 0 spiro atoms. The van der Waals surface area contributed by atoms with Gasteiger partial charge in [0.15, 0.2) is 12.6 Å². The van der Waals surface area contributed by atoms with Gasteiger partial charge in [0, 0.05) is 44.5 Å². The highest BCUT2D eigenvalue weighted by atomic mass is 127. The first kappa shape index (κ1) is 27.0. The molecule has 0 aromatic heterocycles. The van der Waals surface area contributed by atoms with E-state index < -0.39 is 12.8 Å². The van der Waals surface area contributed by atoms with Crippen LogP contribution in [0.4, 0.5) is 13.2 Å². The first-order chi connectivity index (χ1) is 14.8. The van der Waals surface area contributed by atoms with Crippen LogP contribution in [0.5, 0.6) is 5.75 Å². The second-order valence-corrected chi connectivity index (χ2v) is 8.33. The zero-order chi connectivity index (χ0) is 22.3. The van der Waals surface area contributed by atoms with E-state index in [0.717, 1.165) is 51.3 Å². The van der Waals surface area contributed by atoms with Crippen LogP contribution in [0.15, 0.2) is 23.2 Å². The van der Waals surface area contributed by atoms with Crippen molar-refractivity contribution in [2.75, 3.05) is 46.5 Å². The van der Waals surface area contributed by atoms with E-state index in [-0.39, 0.29) is 35.3 Å². The molecule has 3 rings (SSSR count). The lowest BCUT2D eigenvalue weighted by Gasteiger charge is -2.45. The number of hydrogen-bond donors (Lipinski definition) is 2. The molecule has 0 saturated carbocycles. The number of aliphatic imine (C=N–C) groups is 1. The van der Waals surface area contributed by atoms with Crippen LogP contribution in [0.1, 0.15) is 36.8 Å². The molecule has 2 fully saturated rings. The minimum absolute atomic E-state index is 0. The molecule has 182 valence electrons. The Hall–Kier alpha value is -1.27. The third kappa shape index (κ3) is 7.65. The van der Waals surface area contributed by atoms with E-state index in [1.54, 1.807) is 19.2 Å². The summed E-state index contributed by atoms with van der Waals surface area (Å²) in [6.07, 6.45) is 0.0296. The fourth-order valence-electron chi connectivity index (χ4n) is 4.30. The van der Waals surface area contributed by atoms with Gasteiger partial charge in [0.2, 0.25) is 0 Å². The molecule has 1 aromatic carbocycles. The van der Waals surface area contributed by atoms with E-state index >= 15 is 0 Å². The molecule has 0 aliphatic carbocycles. The van der Waals surface area contributed by atoms with Crippen molar-refractivity contribution in [2.24, 2.45) is 4.99 Å². The number of halogens is 4. The molecule has 0 radical (unpaired) electrons. The van der Waals surface area contributed by atoms with Crippen molar-refractivity contribution < 1.29 is 22.6 Å². The number of benzene rings is 1. The Balaban J connectivity index is 0.00000363. The largest absolute Gasteiger partial charge is 0.484 e. The SMILES string of the molecule is CN=C(NCc1ccc(C)cc1OCC(F)(F)F)NCC1(N2CCCC2)CCOCC1.I. The molecule has 2 N–H and O–H groups in total. The molecule has 0 atom stereocenters. The Morgan fingerprint density at radius 3 is 2.50 bits per heavy atom. The summed E-state index contributed by atoms with van der Waals surface area (Å²) in [6.45, 7) is 5.31. The molecule has 2 aliphatic heterocycles. The number of guanidine groups is 1. The van der Waals surface area contributed by atoms with Crippen LogP contribution in [-0.4, -0.2) is 69.1 Å². The highest BCUT2D eigenvalue weighted by Gasteiger charge is 2.39. The summed E-state index contributed by atoms with van der Waals surface area (Å²) in [5.74, 6) is 0.852. The Kier molecular flexibility index (Phi) is 10.3. The predicted molar refractivity (Wildman–Crippen MR) is 130 cm³/mol. The number of alkyl halides is 3. The van der Waals surface area contributed by atoms with Crippen LogP contribution in [-0.2, 0) is 11.3 Å². The summed E-state index contributed by atoms with van der Waals surface area (Å²) in [5, 5.41) is 6.65. The van der Waals surface area contributed by atoms with E-state index in [1.165, 1.54) is 12.8 Å². The van der Waals surface area contributed by atoms with Crippen LogP contribution < -0.4 is 15.4 Å². The van der Waals surface area contributed by atoms with Crippen molar-refractivity contribution in [1.29, 1.82) is 0 Å². The molecular weight excluding hydrogens is 536 g/mol. The molecule has 0 bridgehead atoms. The van der Waals surface area contributed by atoms with Gasteiger partial charge < -0.3 is 20.1 Å². The first-order valence-electron chi connectivity index (χ1n) is 10.9. The number of ether oxygens (including phenoxy) is 2. The fraction of sp³-hybridized carbons (Fsp3) is 0.682. The van der Waals surface area contributed by atoms with E-state index in [1.807, 2.05) is 13.0 Å². The molecule has 2 aliphatic rings. The van der Waals surface area contributed by atoms with Crippen molar-refractivity contribution in [2.45, 2.75) is 50.9 Å². The number of nitrogens with zero attached hydrogens (tertiary/aromatic N) is 2. The Morgan fingerprint density at radius 2 is 1.88 bits per heavy atom. The zero-order valence-electron chi connectivity index (χ0n) is 18.8. The summed E-state index contributed by atoms with van der Waals surface area (Å²) < 4.78 is 48.4. The second-order valence-electron chi connectivity index (χ2n) is 8.33. The van der Waals surface area contributed by atoms with Gasteiger partial charge in [0.05, 0.1) is 0 Å². The highest BCUT2D eigenvalue weighted by molar-refractivity contribution is 14.0. The molecular formula is C22H34F3IN4O2. The van der Waals surface area contributed by atoms with Crippen molar-refractivity contribution in [3.05, 3.63) is 29.3 Å². The van der Waals surface area contributed by atoms with Crippen LogP contribution in [0.3, 0.4) is 0 Å². The molecule has 2 saturated heterocycles. The van der Waals surface area contributed by atoms with E-state index in [4.69, 9.17) is 9.47 Å². The Morgan fingerprint density at radius 1 is 1.19 bits per heavy atom. The first-order valence-corrected chi connectivity index (χ1v) is 10.9. The smallest absolute Gasteiger partial charge is 0.422 e. The van der Waals surface area contributed by atoms with Crippen molar-refractivity contribution in [3.8, 4) is 5.75 Å². The quantitative estimate of drug-likeness (QED) is 0.297. The molecule has 1 aromatic rings. The van der Waals surface area contributed by atoms with E-state index in [2.05, 4.69) is 20.5 Å². The summed E-state index contributed by atoms with van der Waals surface area (Å²) in [5.41, 5.74) is 1.55. The minimum atomic E-state index is -4.38. The van der Waals surface area contributed by atoms with E-state index in [9.17, 15) is 13.2 Å². The Bertz CT molecular complexity index is 749. The van der Waals surface area contributed by atoms with Crippen LogP contribution in [0.2, 0.25) is 0 Å². The minimum Gasteiger partial charge on any atom is -0.484 e. The molecule has 0 amide bonds. The third-order valence-electron chi connectivity index (χ3n) is 6.07. The number of likely N-dealkylation sites (tertiary alicyclic amines) is 1. The van der Waals surface area contributed by atoms with Crippen LogP contribution in [0, 0.1) is 6.92 Å². The van der Waals surface area contributed by atoms with Crippen molar-refractivity contribution in [1.82, 2.24) is 15.5 Å². The summed E-state index contributed by atoms with van der Waals surface area (Å²) in [7, 11) is 1.69. The Labute approximate surface area is 205 Å². The van der Waals surface area contributed by atoms with Gasteiger partial charge in [-0.2, -0.15) is 13.2 Å². The van der Waals surface area contributed by atoms with E-state index in [0.29, 0.717) is 18.1 Å². The average Bonchev–Trinajstić information content (AvgIpc) is 3.29. The van der Waals surface area contributed by atoms with Gasteiger partial charge in [-0.1, -0.05) is 12.1 Å². The molecule has 0 unspecified atom stereocenters.